The highest BCUT2D eigenvalue weighted by Crippen LogP contribution is 2.14. The van der Waals surface area contributed by atoms with Crippen LogP contribution in [-0.4, -0.2) is 39.4 Å². The maximum absolute atomic E-state index is 8.87. The molecule has 0 amide bonds. The summed E-state index contributed by atoms with van der Waals surface area (Å²) in [5, 5.41) is 17.9. The quantitative estimate of drug-likeness (QED) is 0.741. The van der Waals surface area contributed by atoms with Crippen LogP contribution in [0.1, 0.15) is 18.9 Å². The maximum Gasteiger partial charge on any atom is 0.203 e. The molecule has 0 saturated heterocycles. The Balaban J connectivity index is 2.55. The largest absolute Gasteiger partial charge is 0.395 e. The van der Waals surface area contributed by atoms with Gasteiger partial charge in [0.15, 0.2) is 0 Å². The Morgan fingerprint density at radius 2 is 2.21 bits per heavy atom. The minimum atomic E-state index is 0.159. The number of nitrogens with zero attached hydrogens (tertiary/aromatic N) is 3. The lowest BCUT2D eigenvalue weighted by Crippen LogP contribution is -2.32. The van der Waals surface area contributed by atoms with Crippen molar-refractivity contribution in [2.75, 3.05) is 18.9 Å². The van der Waals surface area contributed by atoms with E-state index < -0.39 is 0 Å². The van der Waals surface area contributed by atoms with E-state index >= 15 is 0 Å². The van der Waals surface area contributed by atoms with Crippen molar-refractivity contribution in [3.8, 4) is 0 Å². The van der Waals surface area contributed by atoms with Gasteiger partial charge in [0.05, 0.1) is 13.2 Å². The van der Waals surface area contributed by atoms with Crippen molar-refractivity contribution < 1.29 is 5.11 Å². The summed E-state index contributed by atoms with van der Waals surface area (Å²) >= 11 is 1.39. The SMILES string of the molecule is CC(C)N(CCO)Cc1nnc(N)s1. The van der Waals surface area contributed by atoms with E-state index in [9.17, 15) is 0 Å². The molecule has 14 heavy (non-hydrogen) atoms. The highest BCUT2D eigenvalue weighted by molar-refractivity contribution is 7.15. The molecule has 5 nitrogen and oxygen atoms in total. The summed E-state index contributed by atoms with van der Waals surface area (Å²) in [6, 6.07) is 0.382. The summed E-state index contributed by atoms with van der Waals surface area (Å²) in [6.07, 6.45) is 0. The molecule has 3 N–H and O–H groups in total. The lowest BCUT2D eigenvalue weighted by atomic mass is 10.3. The van der Waals surface area contributed by atoms with Gasteiger partial charge >= 0.3 is 0 Å². The predicted octanol–water partition coefficient (Wildman–Crippen LogP) is 0.323. The van der Waals surface area contributed by atoms with Gasteiger partial charge in [-0.2, -0.15) is 0 Å². The fourth-order valence-corrected chi connectivity index (χ4v) is 1.79. The summed E-state index contributed by atoms with van der Waals surface area (Å²) in [7, 11) is 0. The fourth-order valence-electron chi connectivity index (χ4n) is 1.15. The van der Waals surface area contributed by atoms with Gasteiger partial charge in [0.25, 0.3) is 0 Å². The highest BCUT2D eigenvalue weighted by Gasteiger charge is 2.11. The maximum atomic E-state index is 8.87. The minimum absolute atomic E-state index is 0.159. The Labute approximate surface area is 87.6 Å². The summed E-state index contributed by atoms with van der Waals surface area (Å²) < 4.78 is 0. The van der Waals surface area contributed by atoms with Gasteiger partial charge in [-0.25, -0.2) is 0 Å². The van der Waals surface area contributed by atoms with Crippen molar-refractivity contribution in [3.05, 3.63) is 5.01 Å². The molecular formula is C8H16N4OS. The van der Waals surface area contributed by atoms with Gasteiger partial charge in [-0.3, -0.25) is 4.90 Å². The number of rotatable bonds is 5. The van der Waals surface area contributed by atoms with Crippen LogP contribution >= 0.6 is 11.3 Å². The molecule has 6 heteroatoms. The molecule has 1 aromatic rings. The molecule has 1 heterocycles. The van der Waals surface area contributed by atoms with Crippen molar-refractivity contribution in [1.82, 2.24) is 15.1 Å². The van der Waals surface area contributed by atoms with Crippen molar-refractivity contribution in [2.45, 2.75) is 26.4 Å². The van der Waals surface area contributed by atoms with Crippen molar-refractivity contribution in [3.63, 3.8) is 0 Å². The summed E-state index contributed by atoms with van der Waals surface area (Å²) in [5.41, 5.74) is 5.48. The zero-order valence-corrected chi connectivity index (χ0v) is 9.29. The van der Waals surface area contributed by atoms with E-state index in [1.165, 1.54) is 11.3 Å². The first-order valence-electron chi connectivity index (χ1n) is 4.56. The van der Waals surface area contributed by atoms with E-state index in [0.717, 1.165) is 5.01 Å². The second kappa shape index (κ2) is 5.23. The minimum Gasteiger partial charge on any atom is -0.395 e. The molecular weight excluding hydrogens is 200 g/mol. The Bertz CT molecular complexity index is 276. The third kappa shape index (κ3) is 3.21. The summed E-state index contributed by atoms with van der Waals surface area (Å²) in [5.74, 6) is 0. The molecule has 1 rings (SSSR count). The number of aliphatic hydroxyl groups excluding tert-OH is 1. The van der Waals surface area contributed by atoms with Gasteiger partial charge in [0, 0.05) is 12.6 Å². The van der Waals surface area contributed by atoms with E-state index in [1.807, 2.05) is 0 Å². The van der Waals surface area contributed by atoms with E-state index in [2.05, 4.69) is 28.9 Å². The molecule has 0 fully saturated rings. The first kappa shape index (κ1) is 11.4. The smallest absolute Gasteiger partial charge is 0.203 e. The molecule has 0 saturated carbocycles. The molecule has 0 spiro atoms. The zero-order chi connectivity index (χ0) is 10.6. The number of hydrogen-bond acceptors (Lipinski definition) is 6. The van der Waals surface area contributed by atoms with Crippen LogP contribution in [0.15, 0.2) is 0 Å². The second-order valence-corrected chi connectivity index (χ2v) is 4.42. The van der Waals surface area contributed by atoms with Gasteiger partial charge in [0.1, 0.15) is 5.01 Å². The molecule has 0 radical (unpaired) electrons. The van der Waals surface area contributed by atoms with Crippen LogP contribution in [0, 0.1) is 0 Å². The van der Waals surface area contributed by atoms with Crippen LogP contribution in [0.5, 0.6) is 0 Å². The topological polar surface area (TPSA) is 75.3 Å². The number of nitrogens with two attached hydrogens (primary N) is 1. The summed E-state index contributed by atoms with van der Waals surface area (Å²) in [4.78, 5) is 2.12. The zero-order valence-electron chi connectivity index (χ0n) is 8.47. The van der Waals surface area contributed by atoms with Gasteiger partial charge in [-0.1, -0.05) is 11.3 Å². The third-order valence-electron chi connectivity index (χ3n) is 1.94. The normalized spacial score (nSPS) is 11.5. The Kier molecular flexibility index (Phi) is 4.24. The van der Waals surface area contributed by atoms with Crippen molar-refractivity contribution >= 4 is 16.5 Å². The predicted molar refractivity (Wildman–Crippen MR) is 57.0 cm³/mol. The third-order valence-corrected chi connectivity index (χ3v) is 2.68. The molecule has 0 atom stereocenters. The molecule has 1 aromatic heterocycles. The molecule has 0 aliphatic rings. The first-order valence-corrected chi connectivity index (χ1v) is 5.38. The first-order chi connectivity index (χ1) is 6.63. The van der Waals surface area contributed by atoms with Crippen LogP contribution in [0.25, 0.3) is 0 Å². The van der Waals surface area contributed by atoms with Crippen molar-refractivity contribution in [1.29, 1.82) is 0 Å². The number of aromatic nitrogens is 2. The molecule has 0 aliphatic carbocycles. The van der Waals surface area contributed by atoms with E-state index in [-0.39, 0.29) is 6.61 Å². The van der Waals surface area contributed by atoms with Crippen LogP contribution in [0.2, 0.25) is 0 Å². The number of hydrogen-bond donors (Lipinski definition) is 2. The number of nitrogen functional groups attached to an aromatic ring is 1. The van der Waals surface area contributed by atoms with Gasteiger partial charge in [0.2, 0.25) is 5.13 Å². The van der Waals surface area contributed by atoms with Crippen LogP contribution < -0.4 is 5.73 Å². The Hall–Kier alpha value is -0.720. The average molecular weight is 216 g/mol. The standard InChI is InChI=1S/C8H16N4OS/c1-6(2)12(3-4-13)5-7-10-11-8(9)14-7/h6,13H,3-5H2,1-2H3,(H2,9,11). The lowest BCUT2D eigenvalue weighted by Gasteiger charge is -2.23. The molecule has 0 bridgehead atoms. The van der Waals surface area contributed by atoms with E-state index in [0.29, 0.717) is 24.3 Å². The van der Waals surface area contributed by atoms with Gasteiger partial charge in [-0.05, 0) is 13.8 Å². The molecule has 0 aliphatic heterocycles. The van der Waals surface area contributed by atoms with E-state index in [4.69, 9.17) is 10.8 Å². The lowest BCUT2D eigenvalue weighted by molar-refractivity contribution is 0.159. The average Bonchev–Trinajstić information content (AvgIpc) is 2.50. The monoisotopic (exact) mass is 216 g/mol. The molecule has 80 valence electrons. The Morgan fingerprint density at radius 3 is 2.64 bits per heavy atom. The van der Waals surface area contributed by atoms with Gasteiger partial charge < -0.3 is 10.8 Å². The number of aliphatic hydroxyl groups is 1. The summed E-state index contributed by atoms with van der Waals surface area (Å²) in [6.45, 7) is 5.68. The van der Waals surface area contributed by atoms with Crippen LogP contribution in [-0.2, 0) is 6.54 Å². The number of anilines is 1. The highest BCUT2D eigenvalue weighted by atomic mass is 32.1. The molecule has 0 unspecified atom stereocenters. The fraction of sp³-hybridized carbons (Fsp3) is 0.750. The van der Waals surface area contributed by atoms with Crippen LogP contribution in [0.3, 0.4) is 0 Å². The van der Waals surface area contributed by atoms with Crippen LogP contribution in [0.4, 0.5) is 5.13 Å². The van der Waals surface area contributed by atoms with Gasteiger partial charge in [-0.15, -0.1) is 10.2 Å². The molecule has 0 aromatic carbocycles. The van der Waals surface area contributed by atoms with Crippen molar-refractivity contribution in [2.24, 2.45) is 0 Å². The Morgan fingerprint density at radius 1 is 1.50 bits per heavy atom. The second-order valence-electron chi connectivity index (χ2n) is 3.32. The van der Waals surface area contributed by atoms with E-state index in [1.54, 1.807) is 0 Å².